The monoisotopic (exact) mass is 496 g/mol. The summed E-state index contributed by atoms with van der Waals surface area (Å²) in [6, 6.07) is 28.4. The molecule has 0 amide bonds. The Morgan fingerprint density at radius 2 is 1.35 bits per heavy atom. The Morgan fingerprint density at radius 1 is 0.676 bits per heavy atom. The predicted molar refractivity (Wildman–Crippen MR) is 156 cm³/mol. The first-order valence-corrected chi connectivity index (χ1v) is 12.3. The Bertz CT molecular complexity index is 2020. The summed E-state index contributed by atoms with van der Waals surface area (Å²) >= 11 is 5.74. The molecule has 1 N–H and O–H groups in total. The van der Waals surface area contributed by atoms with Crippen molar-refractivity contribution in [2.24, 2.45) is 0 Å². The summed E-state index contributed by atoms with van der Waals surface area (Å²) in [4.78, 5) is 21.2. The van der Waals surface area contributed by atoms with Crippen LogP contribution in [0, 0.1) is 0 Å². The molecule has 0 spiro atoms. The molecule has 0 unspecified atom stereocenters. The van der Waals surface area contributed by atoms with E-state index in [1.165, 1.54) is 10.8 Å². The molecule has 0 aliphatic heterocycles. The predicted octanol–water partition coefficient (Wildman–Crippen LogP) is 6.87. The van der Waals surface area contributed by atoms with Gasteiger partial charge in [-0.25, -0.2) is 9.97 Å². The molecule has 0 atom stereocenters. The van der Waals surface area contributed by atoms with E-state index in [0.29, 0.717) is 5.11 Å². The van der Waals surface area contributed by atoms with Crippen LogP contribution in [0.2, 0.25) is 0 Å². The van der Waals surface area contributed by atoms with E-state index in [1.54, 1.807) is 12.4 Å². The number of benzene rings is 4. The lowest BCUT2D eigenvalue weighted by Gasteiger charge is -2.22. The van der Waals surface area contributed by atoms with Crippen LogP contribution in [0.4, 0.5) is 11.4 Å². The van der Waals surface area contributed by atoms with E-state index >= 15 is 0 Å². The third-order valence-electron chi connectivity index (χ3n) is 6.69. The van der Waals surface area contributed by atoms with Crippen LogP contribution in [-0.2, 0) is 0 Å². The van der Waals surface area contributed by atoms with Crippen LogP contribution in [0.25, 0.3) is 54.6 Å². The first-order chi connectivity index (χ1) is 18.2. The maximum absolute atomic E-state index is 5.74. The van der Waals surface area contributed by atoms with Crippen LogP contribution in [0.3, 0.4) is 0 Å². The molecule has 0 radical (unpaired) electrons. The van der Waals surface area contributed by atoms with E-state index < -0.39 is 0 Å². The number of hydrogen-bond acceptors (Lipinski definition) is 5. The fourth-order valence-electron chi connectivity index (χ4n) is 4.79. The van der Waals surface area contributed by atoms with Gasteiger partial charge in [0.15, 0.2) is 5.11 Å². The molecule has 7 rings (SSSR count). The van der Waals surface area contributed by atoms with Crippen molar-refractivity contribution in [2.45, 2.75) is 0 Å². The molecule has 3 heterocycles. The zero-order valence-electron chi connectivity index (χ0n) is 19.9. The van der Waals surface area contributed by atoms with Crippen LogP contribution < -0.4 is 10.2 Å². The van der Waals surface area contributed by atoms with Gasteiger partial charge >= 0.3 is 0 Å². The lowest BCUT2D eigenvalue weighted by Crippen LogP contribution is -2.30. The first kappa shape index (κ1) is 21.5. The summed E-state index contributed by atoms with van der Waals surface area (Å²) in [5.74, 6) is 0. The summed E-state index contributed by atoms with van der Waals surface area (Å²) in [6.45, 7) is 0. The van der Waals surface area contributed by atoms with E-state index in [2.05, 4.69) is 45.6 Å². The molecule has 0 bridgehead atoms. The minimum Gasteiger partial charge on any atom is -0.332 e. The van der Waals surface area contributed by atoms with Gasteiger partial charge in [0.2, 0.25) is 0 Å². The molecule has 0 aliphatic rings. The van der Waals surface area contributed by atoms with E-state index in [9.17, 15) is 0 Å². The van der Waals surface area contributed by atoms with Crippen molar-refractivity contribution < 1.29 is 0 Å². The van der Waals surface area contributed by atoms with Crippen LogP contribution in [0.1, 0.15) is 0 Å². The Morgan fingerprint density at radius 3 is 2.08 bits per heavy atom. The lowest BCUT2D eigenvalue weighted by atomic mass is 10.1. The molecule has 0 saturated heterocycles. The molecule has 7 heteroatoms. The fraction of sp³-hybridized carbons (Fsp3) is 0.0333. The molecule has 0 aliphatic carbocycles. The Balaban J connectivity index is 1.29. The van der Waals surface area contributed by atoms with Crippen molar-refractivity contribution in [3.05, 3.63) is 97.3 Å². The Hall–Kier alpha value is -4.75. The number of anilines is 2. The molecule has 37 heavy (non-hydrogen) atoms. The number of nitrogens with zero attached hydrogens (tertiary/aromatic N) is 5. The average Bonchev–Trinajstić information content (AvgIpc) is 2.95. The normalized spacial score (nSPS) is 11.5. The van der Waals surface area contributed by atoms with Crippen molar-refractivity contribution in [1.82, 2.24) is 19.9 Å². The number of thiocarbonyl (C=S) groups is 1. The van der Waals surface area contributed by atoms with Gasteiger partial charge in [-0.05, 0) is 77.6 Å². The van der Waals surface area contributed by atoms with Gasteiger partial charge < -0.3 is 10.2 Å². The van der Waals surface area contributed by atoms with Gasteiger partial charge in [-0.2, -0.15) is 0 Å². The number of pyridine rings is 2. The minimum absolute atomic E-state index is 0.593. The zero-order valence-corrected chi connectivity index (χ0v) is 20.7. The second-order valence-electron chi connectivity index (χ2n) is 8.94. The van der Waals surface area contributed by atoms with Crippen molar-refractivity contribution in [2.75, 3.05) is 17.3 Å². The number of fused-ring (bicyclic) bond motifs is 8. The average molecular weight is 497 g/mol. The summed E-state index contributed by atoms with van der Waals surface area (Å²) in [5, 5.41) is 8.20. The van der Waals surface area contributed by atoms with Crippen LogP contribution in [0.15, 0.2) is 97.3 Å². The SMILES string of the molecule is CN(C(=S)Nc1ccc2nc3c4cccnc4c4ncccc4c3nc2c1)c1ccc2ccccc2c1. The van der Waals surface area contributed by atoms with Crippen LogP contribution in [-0.4, -0.2) is 32.1 Å². The molecular weight excluding hydrogens is 476 g/mol. The first-order valence-electron chi connectivity index (χ1n) is 11.9. The zero-order chi connectivity index (χ0) is 24.9. The van der Waals surface area contributed by atoms with Gasteiger partial charge in [-0.3, -0.25) is 9.97 Å². The molecular formula is C30H20N6S. The fourth-order valence-corrected chi connectivity index (χ4v) is 5.01. The largest absolute Gasteiger partial charge is 0.332 e. The smallest absolute Gasteiger partial charge is 0.177 e. The van der Waals surface area contributed by atoms with Gasteiger partial charge in [0.1, 0.15) is 0 Å². The summed E-state index contributed by atoms with van der Waals surface area (Å²) in [5.41, 5.74) is 6.74. The highest BCUT2D eigenvalue weighted by Crippen LogP contribution is 2.32. The highest BCUT2D eigenvalue weighted by Gasteiger charge is 2.14. The summed E-state index contributed by atoms with van der Waals surface area (Å²) < 4.78 is 0. The van der Waals surface area contributed by atoms with E-state index in [4.69, 9.17) is 22.2 Å². The number of hydrogen-bond donors (Lipinski definition) is 1. The van der Waals surface area contributed by atoms with Crippen molar-refractivity contribution in [3.8, 4) is 0 Å². The molecule has 0 saturated carbocycles. The molecule has 3 aromatic heterocycles. The maximum atomic E-state index is 5.74. The second kappa shape index (κ2) is 8.43. The lowest BCUT2D eigenvalue weighted by molar-refractivity contribution is 1.28. The quantitative estimate of drug-likeness (QED) is 0.159. The highest BCUT2D eigenvalue weighted by molar-refractivity contribution is 7.80. The maximum Gasteiger partial charge on any atom is 0.177 e. The van der Waals surface area contributed by atoms with E-state index in [1.807, 2.05) is 66.5 Å². The second-order valence-corrected chi connectivity index (χ2v) is 9.33. The van der Waals surface area contributed by atoms with E-state index in [-0.39, 0.29) is 0 Å². The number of nitrogens with one attached hydrogen (secondary N) is 1. The highest BCUT2D eigenvalue weighted by atomic mass is 32.1. The summed E-state index contributed by atoms with van der Waals surface area (Å²) in [7, 11) is 1.96. The van der Waals surface area contributed by atoms with Crippen molar-refractivity contribution in [3.63, 3.8) is 0 Å². The van der Waals surface area contributed by atoms with Gasteiger partial charge in [0.05, 0.1) is 33.1 Å². The van der Waals surface area contributed by atoms with Gasteiger partial charge in [0.25, 0.3) is 0 Å². The number of rotatable bonds is 2. The molecule has 7 aromatic rings. The third kappa shape index (κ3) is 3.59. The Labute approximate surface area is 217 Å². The standard InChI is InChI=1S/C30H20N6S/c1-36(21-12-10-18-6-2-3-7-19(18)16-21)30(37)33-20-11-13-24-25(17-20)35-29-23-9-5-15-32-27(23)26-22(28(29)34-24)8-4-14-31-26/h2-17H,1H3,(H,33,37). The van der Waals surface area contributed by atoms with Gasteiger partial charge in [0, 0.05) is 41.6 Å². The third-order valence-corrected chi connectivity index (χ3v) is 7.07. The molecule has 6 nitrogen and oxygen atoms in total. The number of aromatic nitrogens is 4. The van der Waals surface area contributed by atoms with Crippen LogP contribution >= 0.6 is 12.2 Å². The molecule has 4 aromatic carbocycles. The topological polar surface area (TPSA) is 66.8 Å². The van der Waals surface area contributed by atoms with Crippen molar-refractivity contribution in [1.29, 1.82) is 0 Å². The minimum atomic E-state index is 0.593. The van der Waals surface area contributed by atoms with Gasteiger partial charge in [-0.15, -0.1) is 0 Å². The van der Waals surface area contributed by atoms with E-state index in [0.717, 1.165) is 55.2 Å². The van der Waals surface area contributed by atoms with Crippen molar-refractivity contribution >= 4 is 83.4 Å². The Kier molecular flexibility index (Phi) is 4.90. The van der Waals surface area contributed by atoms with Crippen LogP contribution in [0.5, 0.6) is 0 Å². The summed E-state index contributed by atoms with van der Waals surface area (Å²) in [6.07, 6.45) is 3.57. The molecule has 176 valence electrons. The van der Waals surface area contributed by atoms with Gasteiger partial charge in [-0.1, -0.05) is 30.3 Å². The molecule has 0 fully saturated rings.